The van der Waals surface area contributed by atoms with E-state index in [4.69, 9.17) is 16.1 Å². The fourth-order valence-electron chi connectivity index (χ4n) is 4.26. The van der Waals surface area contributed by atoms with E-state index in [1.165, 1.54) is 0 Å². The second kappa shape index (κ2) is 7.42. The molecule has 1 aromatic carbocycles. The Kier molecular flexibility index (Phi) is 4.58. The topological polar surface area (TPSA) is 110 Å². The standard InChI is InChI=1S/C23H22N8/c1-14-28-19-11-15(4-6-20(19)30(14)2)3-5-18-22-21(8-10-26-23(22)25)31(29-18)17-12-16(7-9-24)27-13-17/h4,6,8,10-11,16-17,27H,7,12-13H2,1-2H3,(H2,25,26)/t16-,17?/m0/s1. The Labute approximate surface area is 179 Å². The number of benzene rings is 1. The second-order valence-electron chi connectivity index (χ2n) is 7.91. The predicted molar refractivity (Wildman–Crippen MR) is 119 cm³/mol. The molecule has 4 aromatic rings. The Balaban J connectivity index is 1.55. The summed E-state index contributed by atoms with van der Waals surface area (Å²) in [5, 5.41) is 18.0. The molecule has 31 heavy (non-hydrogen) atoms. The van der Waals surface area contributed by atoms with E-state index in [9.17, 15) is 0 Å². The number of hydrogen-bond donors (Lipinski definition) is 2. The molecule has 4 heterocycles. The number of fused-ring (bicyclic) bond motifs is 2. The number of nitrogens with zero attached hydrogens (tertiary/aromatic N) is 6. The number of nitrogens with one attached hydrogen (secondary N) is 1. The van der Waals surface area contributed by atoms with E-state index < -0.39 is 0 Å². The van der Waals surface area contributed by atoms with E-state index in [0.717, 1.165) is 46.3 Å². The fraction of sp³-hybridized carbons (Fsp3) is 0.304. The van der Waals surface area contributed by atoms with Crippen molar-refractivity contribution in [3.05, 3.63) is 47.5 Å². The zero-order chi connectivity index (χ0) is 21.5. The molecule has 1 fully saturated rings. The average Bonchev–Trinajstić information content (AvgIpc) is 3.44. The van der Waals surface area contributed by atoms with Crippen molar-refractivity contribution in [3.8, 4) is 17.9 Å². The Morgan fingerprint density at radius 1 is 1.26 bits per heavy atom. The maximum atomic E-state index is 9.00. The van der Waals surface area contributed by atoms with Gasteiger partial charge in [-0.1, -0.05) is 5.92 Å². The minimum absolute atomic E-state index is 0.144. The third-order valence-electron chi connectivity index (χ3n) is 5.96. The van der Waals surface area contributed by atoms with Crippen molar-refractivity contribution in [3.63, 3.8) is 0 Å². The number of imidazole rings is 1. The number of hydrogen-bond acceptors (Lipinski definition) is 6. The van der Waals surface area contributed by atoms with E-state index in [2.05, 4.69) is 37.8 Å². The number of pyridine rings is 1. The summed E-state index contributed by atoms with van der Waals surface area (Å²) >= 11 is 0. The molecule has 0 saturated carbocycles. The zero-order valence-electron chi connectivity index (χ0n) is 17.4. The van der Waals surface area contributed by atoms with E-state index in [-0.39, 0.29) is 12.1 Å². The summed E-state index contributed by atoms with van der Waals surface area (Å²) in [6, 6.07) is 10.5. The smallest absolute Gasteiger partial charge is 0.147 e. The zero-order valence-corrected chi connectivity index (χ0v) is 17.4. The van der Waals surface area contributed by atoms with Crippen molar-refractivity contribution in [2.75, 3.05) is 12.3 Å². The maximum Gasteiger partial charge on any atom is 0.147 e. The van der Waals surface area contributed by atoms with Crippen molar-refractivity contribution < 1.29 is 0 Å². The number of aryl methyl sites for hydroxylation is 2. The van der Waals surface area contributed by atoms with Crippen molar-refractivity contribution in [1.82, 2.24) is 29.6 Å². The first-order valence-electron chi connectivity index (χ1n) is 10.2. The third kappa shape index (κ3) is 3.27. The van der Waals surface area contributed by atoms with E-state index in [1.807, 2.05) is 42.9 Å². The van der Waals surface area contributed by atoms with Gasteiger partial charge in [-0.3, -0.25) is 4.68 Å². The molecule has 1 aliphatic rings. The molecule has 3 N–H and O–H groups in total. The van der Waals surface area contributed by atoms with Crippen LogP contribution in [0.2, 0.25) is 0 Å². The number of anilines is 1. The largest absolute Gasteiger partial charge is 0.383 e. The van der Waals surface area contributed by atoms with Crippen LogP contribution in [0.15, 0.2) is 30.5 Å². The van der Waals surface area contributed by atoms with Gasteiger partial charge in [-0.2, -0.15) is 10.4 Å². The SMILES string of the molecule is Cc1nc2cc(C#Cc3nn(C4CN[C@@H](CC#N)C4)c4ccnc(N)c34)ccc2n1C. The molecule has 0 bridgehead atoms. The van der Waals surface area contributed by atoms with Gasteiger partial charge in [-0.05, 0) is 43.5 Å². The van der Waals surface area contributed by atoms with Gasteiger partial charge in [0.25, 0.3) is 0 Å². The lowest BCUT2D eigenvalue weighted by Gasteiger charge is -2.10. The van der Waals surface area contributed by atoms with Gasteiger partial charge in [0.05, 0.1) is 40.5 Å². The van der Waals surface area contributed by atoms with Gasteiger partial charge < -0.3 is 15.6 Å². The monoisotopic (exact) mass is 410 g/mol. The molecule has 2 atom stereocenters. The molecule has 1 saturated heterocycles. The average molecular weight is 410 g/mol. The summed E-state index contributed by atoms with van der Waals surface area (Å²) in [4.78, 5) is 8.83. The predicted octanol–water partition coefficient (Wildman–Crippen LogP) is 2.43. The third-order valence-corrected chi connectivity index (χ3v) is 5.96. The number of nitriles is 1. The quantitative estimate of drug-likeness (QED) is 0.491. The molecular weight excluding hydrogens is 388 g/mol. The van der Waals surface area contributed by atoms with Crippen molar-refractivity contribution in [2.45, 2.75) is 31.8 Å². The van der Waals surface area contributed by atoms with Gasteiger partial charge in [0, 0.05) is 31.4 Å². The van der Waals surface area contributed by atoms with Crippen molar-refractivity contribution >= 4 is 27.8 Å². The van der Waals surface area contributed by atoms with Crippen LogP contribution in [-0.2, 0) is 7.05 Å². The van der Waals surface area contributed by atoms with Crippen molar-refractivity contribution in [2.24, 2.45) is 7.05 Å². The highest BCUT2D eigenvalue weighted by Crippen LogP contribution is 2.29. The summed E-state index contributed by atoms with van der Waals surface area (Å²) in [7, 11) is 2.00. The van der Waals surface area contributed by atoms with Crippen LogP contribution in [0.1, 0.15) is 36.0 Å². The molecule has 0 radical (unpaired) electrons. The number of rotatable bonds is 2. The molecule has 5 rings (SSSR count). The number of nitrogen functional groups attached to an aromatic ring is 1. The molecule has 0 spiro atoms. The minimum Gasteiger partial charge on any atom is -0.383 e. The van der Waals surface area contributed by atoms with Crippen LogP contribution < -0.4 is 11.1 Å². The Bertz CT molecular complexity index is 1410. The van der Waals surface area contributed by atoms with E-state index in [0.29, 0.717) is 17.9 Å². The van der Waals surface area contributed by atoms with Gasteiger partial charge in [-0.15, -0.1) is 0 Å². The van der Waals surface area contributed by atoms with Crippen LogP contribution >= 0.6 is 0 Å². The van der Waals surface area contributed by atoms with Crippen LogP contribution in [0.4, 0.5) is 5.82 Å². The van der Waals surface area contributed by atoms with Crippen LogP contribution in [0.25, 0.3) is 21.9 Å². The molecule has 8 heteroatoms. The van der Waals surface area contributed by atoms with Crippen LogP contribution in [0.3, 0.4) is 0 Å². The summed E-state index contributed by atoms with van der Waals surface area (Å²) in [6.45, 7) is 2.74. The highest BCUT2D eigenvalue weighted by atomic mass is 15.3. The molecule has 8 nitrogen and oxygen atoms in total. The number of aromatic nitrogens is 5. The Morgan fingerprint density at radius 3 is 2.97 bits per heavy atom. The van der Waals surface area contributed by atoms with E-state index >= 15 is 0 Å². The second-order valence-corrected chi connectivity index (χ2v) is 7.91. The van der Waals surface area contributed by atoms with Crippen LogP contribution in [-0.4, -0.2) is 36.9 Å². The van der Waals surface area contributed by atoms with Gasteiger partial charge in [0.15, 0.2) is 0 Å². The van der Waals surface area contributed by atoms with E-state index in [1.54, 1.807) is 6.20 Å². The molecule has 154 valence electrons. The first kappa shape index (κ1) is 19.1. The summed E-state index contributed by atoms with van der Waals surface area (Å²) in [6.07, 6.45) is 3.02. The van der Waals surface area contributed by atoms with Gasteiger partial charge >= 0.3 is 0 Å². The molecule has 3 aromatic heterocycles. The normalized spacial score (nSPS) is 18.2. The molecule has 0 aliphatic carbocycles. The van der Waals surface area contributed by atoms with Gasteiger partial charge in [0.2, 0.25) is 0 Å². The maximum absolute atomic E-state index is 9.00. The summed E-state index contributed by atoms with van der Waals surface area (Å²) < 4.78 is 4.04. The fourth-order valence-corrected chi connectivity index (χ4v) is 4.26. The lowest BCUT2D eigenvalue weighted by atomic mass is 10.1. The van der Waals surface area contributed by atoms with Crippen LogP contribution in [0, 0.1) is 30.1 Å². The van der Waals surface area contributed by atoms with Gasteiger partial charge in [0.1, 0.15) is 17.3 Å². The Hall–Kier alpha value is -3.88. The molecule has 0 amide bonds. The molecular formula is C23H22N8. The lowest BCUT2D eigenvalue weighted by molar-refractivity contribution is 0.493. The minimum atomic E-state index is 0.144. The highest BCUT2D eigenvalue weighted by molar-refractivity contribution is 5.93. The summed E-state index contributed by atoms with van der Waals surface area (Å²) in [5.74, 6) is 7.80. The first-order chi connectivity index (χ1) is 15.0. The first-order valence-corrected chi connectivity index (χ1v) is 10.2. The number of nitrogens with two attached hydrogens (primary N) is 1. The lowest BCUT2D eigenvalue weighted by Crippen LogP contribution is -2.20. The Morgan fingerprint density at radius 2 is 2.13 bits per heavy atom. The molecule has 1 unspecified atom stereocenters. The highest BCUT2D eigenvalue weighted by Gasteiger charge is 2.28. The van der Waals surface area contributed by atoms with Crippen LogP contribution in [0.5, 0.6) is 0 Å². The van der Waals surface area contributed by atoms with Gasteiger partial charge in [-0.25, -0.2) is 9.97 Å². The molecule has 1 aliphatic heterocycles. The van der Waals surface area contributed by atoms with Crippen molar-refractivity contribution in [1.29, 1.82) is 5.26 Å². The summed E-state index contributed by atoms with van der Waals surface area (Å²) in [5.41, 5.74) is 10.6.